The topological polar surface area (TPSA) is 44.1 Å². The molecular weight excluding hydrogens is 260 g/mol. The Morgan fingerprint density at radius 3 is 2.29 bits per heavy atom. The van der Waals surface area contributed by atoms with Crippen molar-refractivity contribution in [1.29, 1.82) is 5.26 Å². The van der Waals surface area contributed by atoms with Crippen LogP contribution in [0.3, 0.4) is 0 Å². The van der Waals surface area contributed by atoms with Crippen molar-refractivity contribution < 1.29 is 4.79 Å². The van der Waals surface area contributed by atoms with Crippen LogP contribution in [0.1, 0.15) is 65.7 Å². The predicted molar refractivity (Wildman–Crippen MR) is 82.3 cm³/mol. The number of amides is 1. The molecule has 21 heavy (non-hydrogen) atoms. The minimum absolute atomic E-state index is 0.0242. The van der Waals surface area contributed by atoms with Gasteiger partial charge in [-0.1, -0.05) is 13.8 Å². The van der Waals surface area contributed by atoms with Crippen molar-refractivity contribution in [2.45, 2.75) is 71.8 Å². The van der Waals surface area contributed by atoms with Crippen LogP contribution in [0, 0.1) is 33.5 Å². The Hall–Kier alpha value is -1.04. The molecule has 4 rings (SSSR count). The van der Waals surface area contributed by atoms with Crippen LogP contribution in [0.2, 0.25) is 0 Å². The molecule has 4 fully saturated rings. The largest absolute Gasteiger partial charge is 0.342 e. The molecule has 0 N–H and O–H groups in total. The van der Waals surface area contributed by atoms with Crippen LogP contribution in [0.5, 0.6) is 0 Å². The first kappa shape index (κ1) is 14.9. The lowest BCUT2D eigenvalue weighted by Crippen LogP contribution is -2.60. The number of nitriles is 1. The molecule has 0 saturated heterocycles. The maximum Gasteiger partial charge on any atom is 0.228 e. The van der Waals surface area contributed by atoms with E-state index in [1.165, 1.54) is 19.3 Å². The summed E-state index contributed by atoms with van der Waals surface area (Å²) in [6.07, 6.45) is 7.56. The SMILES string of the molecule is CC(CC#N)N(C)C(=O)C12CC3CC(C)(CC(C)(C3)C1)C2. The molecule has 0 spiro atoms. The highest BCUT2D eigenvalue weighted by atomic mass is 16.2. The van der Waals surface area contributed by atoms with Gasteiger partial charge in [0.1, 0.15) is 0 Å². The number of carbonyl (C=O) groups is 1. The Bertz CT molecular complexity index is 488. The summed E-state index contributed by atoms with van der Waals surface area (Å²) in [6, 6.07) is 2.22. The molecule has 0 aliphatic heterocycles. The summed E-state index contributed by atoms with van der Waals surface area (Å²) < 4.78 is 0. The first-order valence-corrected chi connectivity index (χ1v) is 8.35. The zero-order valence-corrected chi connectivity index (χ0v) is 13.9. The summed E-state index contributed by atoms with van der Waals surface area (Å²) in [4.78, 5) is 15.1. The maximum absolute atomic E-state index is 13.2. The Kier molecular flexibility index (Phi) is 3.17. The summed E-state index contributed by atoms with van der Waals surface area (Å²) in [5, 5.41) is 8.90. The molecule has 0 aromatic rings. The molecule has 3 heteroatoms. The van der Waals surface area contributed by atoms with Crippen LogP contribution in [-0.4, -0.2) is 23.9 Å². The molecule has 116 valence electrons. The molecule has 1 amide bonds. The molecule has 4 aliphatic carbocycles. The van der Waals surface area contributed by atoms with Gasteiger partial charge in [-0.3, -0.25) is 4.79 Å². The summed E-state index contributed by atoms with van der Waals surface area (Å²) in [6.45, 7) is 6.79. The van der Waals surface area contributed by atoms with Crippen molar-refractivity contribution in [1.82, 2.24) is 4.90 Å². The molecule has 0 aromatic carbocycles. The fourth-order valence-electron chi connectivity index (χ4n) is 6.53. The third-order valence-electron chi connectivity index (χ3n) is 6.45. The first-order valence-electron chi connectivity index (χ1n) is 8.35. The van der Waals surface area contributed by atoms with Crippen molar-refractivity contribution in [3.05, 3.63) is 0 Å². The lowest BCUT2D eigenvalue weighted by atomic mass is 9.40. The molecule has 3 unspecified atom stereocenters. The van der Waals surface area contributed by atoms with E-state index in [-0.39, 0.29) is 11.5 Å². The van der Waals surface area contributed by atoms with Gasteiger partial charge in [0.05, 0.1) is 17.9 Å². The highest BCUT2D eigenvalue weighted by molar-refractivity contribution is 5.83. The molecule has 0 radical (unpaired) electrons. The van der Waals surface area contributed by atoms with Crippen molar-refractivity contribution in [2.75, 3.05) is 7.05 Å². The van der Waals surface area contributed by atoms with Crippen molar-refractivity contribution in [2.24, 2.45) is 22.2 Å². The van der Waals surface area contributed by atoms with Crippen LogP contribution in [0.15, 0.2) is 0 Å². The number of carbonyl (C=O) groups excluding carboxylic acids is 1. The van der Waals surface area contributed by atoms with Gasteiger partial charge in [0.25, 0.3) is 0 Å². The van der Waals surface area contributed by atoms with Crippen LogP contribution in [0.4, 0.5) is 0 Å². The molecule has 3 atom stereocenters. The van der Waals surface area contributed by atoms with Crippen molar-refractivity contribution >= 4 is 5.91 Å². The van der Waals surface area contributed by atoms with E-state index >= 15 is 0 Å². The second-order valence-corrected chi connectivity index (χ2v) is 9.04. The van der Waals surface area contributed by atoms with Gasteiger partial charge in [-0.05, 0) is 62.2 Å². The molecule has 3 nitrogen and oxygen atoms in total. The quantitative estimate of drug-likeness (QED) is 0.794. The Labute approximate surface area is 128 Å². The van der Waals surface area contributed by atoms with Gasteiger partial charge in [0.2, 0.25) is 5.91 Å². The number of hydrogen-bond donors (Lipinski definition) is 0. The summed E-state index contributed by atoms with van der Waals surface area (Å²) in [7, 11) is 1.90. The fraction of sp³-hybridized carbons (Fsp3) is 0.889. The lowest BCUT2D eigenvalue weighted by Gasteiger charge is -2.65. The van der Waals surface area contributed by atoms with Crippen molar-refractivity contribution in [3.63, 3.8) is 0 Å². The number of rotatable bonds is 3. The maximum atomic E-state index is 13.2. The summed E-state index contributed by atoms with van der Waals surface area (Å²) >= 11 is 0. The van der Waals surface area contributed by atoms with Crippen LogP contribution < -0.4 is 0 Å². The van der Waals surface area contributed by atoms with Gasteiger partial charge < -0.3 is 4.90 Å². The highest BCUT2D eigenvalue weighted by Gasteiger charge is 2.63. The van der Waals surface area contributed by atoms with Crippen molar-refractivity contribution in [3.8, 4) is 6.07 Å². The standard InChI is InChI=1S/C18H28N2O/c1-13(5-6-19)20(4)15(21)18-9-14-7-16(2,11-18)10-17(3,8-14)12-18/h13-14H,5,7-12H2,1-4H3. The van der Waals surface area contributed by atoms with Crippen LogP contribution in [-0.2, 0) is 4.79 Å². The number of hydrogen-bond acceptors (Lipinski definition) is 2. The third kappa shape index (κ3) is 2.28. The Morgan fingerprint density at radius 1 is 1.24 bits per heavy atom. The van der Waals surface area contributed by atoms with E-state index in [1.54, 1.807) is 0 Å². The van der Waals surface area contributed by atoms with Gasteiger partial charge in [-0.25, -0.2) is 0 Å². The Morgan fingerprint density at radius 2 is 1.81 bits per heavy atom. The zero-order chi connectivity index (χ0) is 15.5. The summed E-state index contributed by atoms with van der Waals surface area (Å²) in [5.41, 5.74) is 0.591. The lowest BCUT2D eigenvalue weighted by molar-refractivity contribution is -0.179. The fourth-order valence-corrected chi connectivity index (χ4v) is 6.53. The minimum atomic E-state index is -0.138. The predicted octanol–water partition coefficient (Wildman–Crippen LogP) is 3.74. The Balaban J connectivity index is 1.88. The van der Waals surface area contributed by atoms with E-state index in [4.69, 9.17) is 5.26 Å². The zero-order valence-electron chi connectivity index (χ0n) is 13.9. The van der Waals surface area contributed by atoms with E-state index in [0.29, 0.717) is 23.2 Å². The number of nitrogens with zero attached hydrogens (tertiary/aromatic N) is 2. The molecule has 4 saturated carbocycles. The molecule has 0 aromatic heterocycles. The van der Waals surface area contributed by atoms with Gasteiger partial charge >= 0.3 is 0 Å². The first-order chi connectivity index (χ1) is 9.71. The van der Waals surface area contributed by atoms with E-state index in [0.717, 1.165) is 25.2 Å². The van der Waals surface area contributed by atoms with Crippen LogP contribution >= 0.6 is 0 Å². The molecule has 0 heterocycles. The minimum Gasteiger partial charge on any atom is -0.342 e. The normalized spacial score (nSPS) is 45.2. The second kappa shape index (κ2) is 4.48. The molecule has 4 aliphatic rings. The summed E-state index contributed by atoms with van der Waals surface area (Å²) in [5.74, 6) is 1.05. The second-order valence-electron chi connectivity index (χ2n) is 9.04. The average molecular weight is 288 g/mol. The van der Waals surface area contributed by atoms with E-state index < -0.39 is 0 Å². The van der Waals surface area contributed by atoms with E-state index in [1.807, 2.05) is 18.9 Å². The van der Waals surface area contributed by atoms with Gasteiger partial charge in [-0.15, -0.1) is 0 Å². The molecular formula is C18H28N2O. The average Bonchev–Trinajstić information content (AvgIpc) is 2.32. The van der Waals surface area contributed by atoms with Gasteiger partial charge in [0.15, 0.2) is 0 Å². The van der Waals surface area contributed by atoms with Crippen LogP contribution in [0.25, 0.3) is 0 Å². The smallest absolute Gasteiger partial charge is 0.228 e. The monoisotopic (exact) mass is 288 g/mol. The van der Waals surface area contributed by atoms with E-state index in [2.05, 4.69) is 19.9 Å². The molecule has 4 bridgehead atoms. The van der Waals surface area contributed by atoms with Gasteiger partial charge in [0, 0.05) is 13.1 Å². The van der Waals surface area contributed by atoms with Gasteiger partial charge in [-0.2, -0.15) is 5.26 Å². The third-order valence-corrected chi connectivity index (χ3v) is 6.45. The van der Waals surface area contributed by atoms with E-state index in [9.17, 15) is 4.79 Å². The highest BCUT2D eigenvalue weighted by Crippen LogP contribution is 2.69.